The number of nitrogens with zero attached hydrogens (tertiary/aromatic N) is 2. The van der Waals surface area contributed by atoms with E-state index in [1.165, 1.54) is 4.90 Å². The van der Waals surface area contributed by atoms with Crippen molar-refractivity contribution in [3.05, 3.63) is 82.9 Å². The number of amides is 4. The highest BCUT2D eigenvalue weighted by Crippen LogP contribution is 2.35. The number of imide groups is 1. The number of unbranched alkanes of at least 4 members (excludes halogenated alkanes) is 1. The van der Waals surface area contributed by atoms with Crippen molar-refractivity contribution in [1.29, 1.82) is 0 Å². The molecule has 1 aliphatic carbocycles. The van der Waals surface area contributed by atoms with Gasteiger partial charge in [-0.25, -0.2) is 0 Å². The fourth-order valence-electron chi connectivity index (χ4n) is 5.29. The van der Waals surface area contributed by atoms with Crippen LogP contribution in [0.1, 0.15) is 50.2 Å². The Balaban J connectivity index is 1.56. The smallest absolute Gasteiger partial charge is 0.243 e. The molecule has 0 aromatic heterocycles. The first-order valence-electron chi connectivity index (χ1n) is 13.7. The summed E-state index contributed by atoms with van der Waals surface area (Å²) in [7, 11) is 0. The van der Waals surface area contributed by atoms with Gasteiger partial charge in [-0.15, -0.1) is 0 Å². The van der Waals surface area contributed by atoms with Crippen molar-refractivity contribution in [2.24, 2.45) is 11.8 Å². The number of carbonyl (C=O) groups excluding carboxylic acids is 4. The molecule has 8 heteroatoms. The van der Waals surface area contributed by atoms with Gasteiger partial charge >= 0.3 is 0 Å². The molecule has 206 valence electrons. The van der Waals surface area contributed by atoms with Crippen molar-refractivity contribution in [3.63, 3.8) is 0 Å². The minimum atomic E-state index is -0.760. The van der Waals surface area contributed by atoms with Crippen LogP contribution in [-0.2, 0) is 32.1 Å². The van der Waals surface area contributed by atoms with Crippen LogP contribution in [0.5, 0.6) is 0 Å². The van der Waals surface area contributed by atoms with Crippen LogP contribution < -0.4 is 5.32 Å². The number of rotatable bonds is 12. The van der Waals surface area contributed by atoms with Gasteiger partial charge in [-0.05, 0) is 42.5 Å². The van der Waals surface area contributed by atoms with Gasteiger partial charge in [-0.1, -0.05) is 79.6 Å². The Hall–Kier alpha value is -3.45. The number of nitrogens with one attached hydrogen (secondary N) is 1. The van der Waals surface area contributed by atoms with Gasteiger partial charge in [0.05, 0.1) is 11.8 Å². The highest BCUT2D eigenvalue weighted by atomic mass is 35.5. The van der Waals surface area contributed by atoms with E-state index in [2.05, 4.69) is 12.2 Å². The topological polar surface area (TPSA) is 86.8 Å². The van der Waals surface area contributed by atoms with Crippen LogP contribution >= 0.6 is 11.6 Å². The molecule has 1 N–H and O–H groups in total. The maximum absolute atomic E-state index is 13.8. The predicted octanol–water partition coefficient (Wildman–Crippen LogP) is 4.54. The number of halogens is 1. The molecule has 1 saturated heterocycles. The second kappa shape index (κ2) is 13.6. The fourth-order valence-corrected chi connectivity index (χ4v) is 5.41. The molecule has 39 heavy (non-hydrogen) atoms. The molecule has 0 unspecified atom stereocenters. The maximum atomic E-state index is 13.8. The van der Waals surface area contributed by atoms with E-state index in [4.69, 9.17) is 11.6 Å². The average Bonchev–Trinajstić information content (AvgIpc) is 3.20. The Labute approximate surface area is 235 Å². The van der Waals surface area contributed by atoms with Gasteiger partial charge < -0.3 is 10.2 Å². The van der Waals surface area contributed by atoms with E-state index in [1.807, 2.05) is 54.6 Å². The number of fused-ring (bicyclic) bond motifs is 1. The van der Waals surface area contributed by atoms with Gasteiger partial charge in [0.2, 0.25) is 23.6 Å². The summed E-state index contributed by atoms with van der Waals surface area (Å²) in [5.41, 5.74) is 1.76. The highest BCUT2D eigenvalue weighted by Gasteiger charge is 2.47. The van der Waals surface area contributed by atoms with E-state index in [-0.39, 0.29) is 55.0 Å². The number of hydrogen-bond acceptors (Lipinski definition) is 4. The molecule has 1 fully saturated rings. The SMILES string of the molecule is CCCCNC(=O)[C@@H](Cc1ccccc1)N(Cc1ccc(Cl)cc1)C(=O)CCN1C(=O)[C@H]2CC=CC[C@H]2C1=O. The van der Waals surface area contributed by atoms with E-state index < -0.39 is 6.04 Å². The molecule has 0 saturated carbocycles. The van der Waals surface area contributed by atoms with Gasteiger partial charge in [-0.2, -0.15) is 0 Å². The third kappa shape index (κ3) is 7.15. The minimum Gasteiger partial charge on any atom is -0.354 e. The molecule has 0 spiro atoms. The monoisotopic (exact) mass is 549 g/mol. The van der Waals surface area contributed by atoms with Gasteiger partial charge in [0, 0.05) is 37.5 Å². The van der Waals surface area contributed by atoms with Gasteiger partial charge in [-0.3, -0.25) is 24.1 Å². The van der Waals surface area contributed by atoms with Crippen molar-refractivity contribution in [1.82, 2.24) is 15.1 Å². The lowest BCUT2D eigenvalue weighted by Crippen LogP contribution is -2.51. The van der Waals surface area contributed by atoms with E-state index >= 15 is 0 Å². The third-order valence-electron chi connectivity index (χ3n) is 7.51. The van der Waals surface area contributed by atoms with Crippen molar-refractivity contribution in [3.8, 4) is 0 Å². The number of allylic oxidation sites excluding steroid dienone is 2. The molecule has 1 aliphatic heterocycles. The molecule has 3 atom stereocenters. The minimum absolute atomic E-state index is 0.0100. The van der Waals surface area contributed by atoms with Crippen LogP contribution in [0.2, 0.25) is 5.02 Å². The predicted molar refractivity (Wildman–Crippen MR) is 151 cm³/mol. The average molecular weight is 550 g/mol. The zero-order valence-electron chi connectivity index (χ0n) is 22.4. The maximum Gasteiger partial charge on any atom is 0.243 e. The standard InChI is InChI=1S/C31H36ClN3O4/c1-2-3-18-33-29(37)27(20-22-9-5-4-6-10-22)35(21-23-13-15-24(32)16-14-23)28(36)17-19-34-30(38)25-11-7-8-12-26(25)31(34)39/h4-10,13-16,25-27H,2-3,11-12,17-21H2,1H3,(H,33,37)/t25-,26+,27-/m1/s1. The summed E-state index contributed by atoms with van der Waals surface area (Å²) in [6.07, 6.45) is 7.07. The van der Waals surface area contributed by atoms with Gasteiger partial charge in [0.15, 0.2) is 0 Å². The summed E-state index contributed by atoms with van der Waals surface area (Å²) in [6.45, 7) is 2.79. The summed E-state index contributed by atoms with van der Waals surface area (Å²) in [4.78, 5) is 56.1. The van der Waals surface area contributed by atoms with Crippen molar-refractivity contribution >= 4 is 35.2 Å². The van der Waals surface area contributed by atoms with Crippen LogP contribution in [0.3, 0.4) is 0 Å². The zero-order chi connectivity index (χ0) is 27.8. The molecule has 4 amide bonds. The second-order valence-corrected chi connectivity index (χ2v) is 10.7. The largest absolute Gasteiger partial charge is 0.354 e. The first-order chi connectivity index (χ1) is 18.9. The quantitative estimate of drug-likeness (QED) is 0.239. The van der Waals surface area contributed by atoms with E-state index in [9.17, 15) is 19.2 Å². The normalized spacial score (nSPS) is 19.1. The Morgan fingerprint density at radius 2 is 1.62 bits per heavy atom. The van der Waals surface area contributed by atoms with Gasteiger partial charge in [0.25, 0.3) is 0 Å². The Morgan fingerprint density at radius 3 is 2.23 bits per heavy atom. The second-order valence-electron chi connectivity index (χ2n) is 10.2. The Bertz CT molecular complexity index is 1170. The molecule has 0 bridgehead atoms. The number of carbonyl (C=O) groups is 4. The molecular weight excluding hydrogens is 514 g/mol. The number of likely N-dealkylation sites (tertiary alicyclic amines) is 1. The Morgan fingerprint density at radius 1 is 0.974 bits per heavy atom. The lowest BCUT2D eigenvalue weighted by Gasteiger charge is -2.32. The molecule has 0 radical (unpaired) electrons. The van der Waals surface area contributed by atoms with Crippen LogP contribution in [-0.4, -0.2) is 52.6 Å². The van der Waals surface area contributed by atoms with Crippen molar-refractivity contribution in [2.45, 2.75) is 58.0 Å². The molecular formula is C31H36ClN3O4. The molecule has 4 rings (SSSR count). The zero-order valence-corrected chi connectivity index (χ0v) is 23.1. The molecule has 2 aliphatic rings. The molecule has 2 aromatic rings. The summed E-state index contributed by atoms with van der Waals surface area (Å²) in [6, 6.07) is 16.0. The van der Waals surface area contributed by atoms with Gasteiger partial charge in [0.1, 0.15) is 6.04 Å². The van der Waals surface area contributed by atoms with Crippen LogP contribution in [0, 0.1) is 11.8 Å². The molecule has 7 nitrogen and oxygen atoms in total. The van der Waals surface area contributed by atoms with Crippen LogP contribution in [0.4, 0.5) is 0 Å². The van der Waals surface area contributed by atoms with Crippen LogP contribution in [0.25, 0.3) is 0 Å². The molecule has 1 heterocycles. The lowest BCUT2D eigenvalue weighted by molar-refractivity contribution is -0.144. The number of benzene rings is 2. The van der Waals surface area contributed by atoms with E-state index in [0.717, 1.165) is 24.0 Å². The van der Waals surface area contributed by atoms with E-state index in [1.54, 1.807) is 17.0 Å². The summed E-state index contributed by atoms with van der Waals surface area (Å²) in [5, 5.41) is 3.58. The first-order valence-corrected chi connectivity index (χ1v) is 14.1. The fraction of sp³-hybridized carbons (Fsp3) is 0.419. The lowest BCUT2D eigenvalue weighted by atomic mass is 9.85. The summed E-state index contributed by atoms with van der Waals surface area (Å²) < 4.78 is 0. The van der Waals surface area contributed by atoms with Crippen LogP contribution in [0.15, 0.2) is 66.7 Å². The molecule has 2 aromatic carbocycles. The van der Waals surface area contributed by atoms with E-state index in [0.29, 0.717) is 30.8 Å². The number of hydrogen-bond donors (Lipinski definition) is 1. The summed E-state index contributed by atoms with van der Waals surface area (Å²) in [5.74, 6) is -1.59. The van der Waals surface area contributed by atoms with Crippen molar-refractivity contribution in [2.75, 3.05) is 13.1 Å². The van der Waals surface area contributed by atoms with Crippen molar-refractivity contribution < 1.29 is 19.2 Å². The third-order valence-corrected chi connectivity index (χ3v) is 7.77. The summed E-state index contributed by atoms with van der Waals surface area (Å²) >= 11 is 6.09. The first kappa shape index (κ1) is 28.6. The Kier molecular flexibility index (Phi) is 9.93. The highest BCUT2D eigenvalue weighted by molar-refractivity contribution is 6.30.